The van der Waals surface area contributed by atoms with Gasteiger partial charge in [-0.2, -0.15) is 0 Å². The standard InChI is InChI=1S/C17H25Cl2NO/c18-15-8-9-17(16(19)14-15)21-13-7-2-1-4-10-20-11-5-3-6-12-20/h8-9,14H,1-7,10-13H2. The lowest BCUT2D eigenvalue weighted by Crippen LogP contribution is -2.30. The number of likely N-dealkylation sites (tertiary alicyclic amines) is 1. The van der Waals surface area contributed by atoms with Crippen LogP contribution in [0.25, 0.3) is 0 Å². The molecule has 0 atom stereocenters. The lowest BCUT2D eigenvalue weighted by Gasteiger charge is -2.26. The van der Waals surface area contributed by atoms with Crippen molar-refractivity contribution in [3.05, 3.63) is 28.2 Å². The molecule has 1 aromatic carbocycles. The highest BCUT2D eigenvalue weighted by atomic mass is 35.5. The summed E-state index contributed by atoms with van der Waals surface area (Å²) in [6.45, 7) is 4.60. The van der Waals surface area contributed by atoms with Crippen molar-refractivity contribution in [2.24, 2.45) is 0 Å². The molecule has 1 heterocycles. The lowest BCUT2D eigenvalue weighted by atomic mass is 10.1. The third kappa shape index (κ3) is 6.46. The second kappa shape index (κ2) is 9.55. The van der Waals surface area contributed by atoms with Crippen LogP contribution < -0.4 is 4.74 Å². The summed E-state index contributed by atoms with van der Waals surface area (Å²) in [4.78, 5) is 2.60. The van der Waals surface area contributed by atoms with Gasteiger partial charge in [0, 0.05) is 5.02 Å². The van der Waals surface area contributed by atoms with Crippen molar-refractivity contribution >= 4 is 23.2 Å². The Hall–Kier alpha value is -0.440. The van der Waals surface area contributed by atoms with Crippen molar-refractivity contribution < 1.29 is 4.74 Å². The van der Waals surface area contributed by atoms with Crippen molar-refractivity contribution in [1.82, 2.24) is 4.90 Å². The van der Waals surface area contributed by atoms with Gasteiger partial charge in [-0.1, -0.05) is 42.5 Å². The Morgan fingerprint density at radius 2 is 1.71 bits per heavy atom. The lowest BCUT2D eigenvalue weighted by molar-refractivity contribution is 0.223. The van der Waals surface area contributed by atoms with E-state index in [1.807, 2.05) is 6.07 Å². The molecule has 0 amide bonds. The van der Waals surface area contributed by atoms with Crippen molar-refractivity contribution in [1.29, 1.82) is 0 Å². The summed E-state index contributed by atoms with van der Waals surface area (Å²) < 4.78 is 5.69. The first-order chi connectivity index (χ1) is 10.3. The molecule has 2 nitrogen and oxygen atoms in total. The minimum atomic E-state index is 0.590. The van der Waals surface area contributed by atoms with E-state index in [-0.39, 0.29) is 0 Å². The van der Waals surface area contributed by atoms with Gasteiger partial charge in [0.05, 0.1) is 11.6 Å². The summed E-state index contributed by atoms with van der Waals surface area (Å²) in [5.41, 5.74) is 0. The first-order valence-electron chi connectivity index (χ1n) is 8.06. The average Bonchev–Trinajstić information content (AvgIpc) is 2.49. The summed E-state index contributed by atoms with van der Waals surface area (Å²) in [6.07, 6.45) is 9.08. The molecular formula is C17H25Cl2NO. The van der Waals surface area contributed by atoms with Crippen LogP contribution in [0.15, 0.2) is 18.2 Å². The van der Waals surface area contributed by atoms with Crippen molar-refractivity contribution in [2.45, 2.75) is 44.9 Å². The normalized spacial score (nSPS) is 16.1. The number of halogens is 2. The summed E-state index contributed by atoms with van der Waals surface area (Å²) >= 11 is 11.9. The minimum Gasteiger partial charge on any atom is -0.492 e. The first-order valence-corrected chi connectivity index (χ1v) is 8.81. The number of ether oxygens (including phenoxy) is 1. The SMILES string of the molecule is Clc1ccc(OCCCCCCN2CCCCC2)c(Cl)c1. The van der Waals surface area contributed by atoms with E-state index in [2.05, 4.69) is 4.90 Å². The Bertz CT molecular complexity index is 419. The largest absolute Gasteiger partial charge is 0.492 e. The van der Waals surface area contributed by atoms with Gasteiger partial charge in [0.1, 0.15) is 5.75 Å². The molecule has 0 aliphatic carbocycles. The van der Waals surface area contributed by atoms with Gasteiger partial charge < -0.3 is 9.64 Å². The molecule has 2 rings (SSSR count). The van der Waals surface area contributed by atoms with Gasteiger partial charge in [0.25, 0.3) is 0 Å². The van der Waals surface area contributed by atoms with Crippen LogP contribution in [-0.2, 0) is 0 Å². The fraction of sp³-hybridized carbons (Fsp3) is 0.647. The van der Waals surface area contributed by atoms with Crippen molar-refractivity contribution in [3.8, 4) is 5.75 Å². The highest BCUT2D eigenvalue weighted by Gasteiger charge is 2.08. The molecule has 21 heavy (non-hydrogen) atoms. The third-order valence-corrected chi connectivity index (χ3v) is 4.50. The Kier molecular flexibility index (Phi) is 7.70. The first kappa shape index (κ1) is 16.9. The van der Waals surface area contributed by atoms with Crippen LogP contribution in [0.3, 0.4) is 0 Å². The van der Waals surface area contributed by atoms with E-state index in [1.165, 1.54) is 58.2 Å². The van der Waals surface area contributed by atoms with Gasteiger partial charge in [-0.15, -0.1) is 0 Å². The van der Waals surface area contributed by atoms with Gasteiger partial charge in [-0.3, -0.25) is 0 Å². The van der Waals surface area contributed by atoms with E-state index in [0.29, 0.717) is 10.0 Å². The second-order valence-electron chi connectivity index (χ2n) is 5.74. The number of hydrogen-bond donors (Lipinski definition) is 0. The number of piperidine rings is 1. The molecule has 1 aliphatic heterocycles. The zero-order valence-corrected chi connectivity index (χ0v) is 14.1. The van der Waals surface area contributed by atoms with Gasteiger partial charge in [0.2, 0.25) is 0 Å². The summed E-state index contributed by atoms with van der Waals surface area (Å²) in [6, 6.07) is 5.36. The Morgan fingerprint density at radius 3 is 2.48 bits per heavy atom. The van der Waals surface area contributed by atoms with Crippen LogP contribution in [0.5, 0.6) is 5.75 Å². The molecule has 0 aromatic heterocycles. The molecule has 0 saturated carbocycles. The summed E-state index contributed by atoms with van der Waals surface area (Å²) in [5.74, 6) is 0.731. The van der Waals surface area contributed by atoms with Crippen LogP contribution in [-0.4, -0.2) is 31.1 Å². The van der Waals surface area contributed by atoms with Crippen LogP contribution in [0.4, 0.5) is 0 Å². The van der Waals surface area contributed by atoms with E-state index >= 15 is 0 Å². The zero-order valence-electron chi connectivity index (χ0n) is 12.6. The molecule has 0 bridgehead atoms. The molecule has 4 heteroatoms. The molecule has 1 saturated heterocycles. The molecule has 0 spiro atoms. The molecule has 0 unspecified atom stereocenters. The Labute approximate surface area is 138 Å². The Balaban J connectivity index is 1.50. The number of benzene rings is 1. The molecule has 1 fully saturated rings. The van der Waals surface area contributed by atoms with Crippen molar-refractivity contribution in [2.75, 3.05) is 26.2 Å². The molecular weight excluding hydrogens is 305 g/mol. The topological polar surface area (TPSA) is 12.5 Å². The Morgan fingerprint density at radius 1 is 0.952 bits per heavy atom. The van der Waals surface area contributed by atoms with Gasteiger partial charge in [-0.05, 0) is 63.5 Å². The predicted molar refractivity (Wildman–Crippen MR) is 90.7 cm³/mol. The van der Waals surface area contributed by atoms with Crippen molar-refractivity contribution in [3.63, 3.8) is 0 Å². The van der Waals surface area contributed by atoms with E-state index in [4.69, 9.17) is 27.9 Å². The van der Waals surface area contributed by atoms with Crippen LogP contribution >= 0.6 is 23.2 Å². The van der Waals surface area contributed by atoms with E-state index in [9.17, 15) is 0 Å². The number of nitrogens with zero attached hydrogens (tertiary/aromatic N) is 1. The molecule has 118 valence electrons. The van der Waals surface area contributed by atoms with Crippen LogP contribution in [0, 0.1) is 0 Å². The fourth-order valence-electron chi connectivity index (χ4n) is 2.75. The third-order valence-electron chi connectivity index (χ3n) is 3.97. The smallest absolute Gasteiger partial charge is 0.137 e. The molecule has 1 aromatic rings. The summed E-state index contributed by atoms with van der Waals surface area (Å²) in [5, 5.41) is 1.23. The maximum atomic E-state index is 6.06. The van der Waals surface area contributed by atoms with Gasteiger partial charge >= 0.3 is 0 Å². The number of unbranched alkanes of at least 4 members (excludes halogenated alkanes) is 3. The van der Waals surface area contributed by atoms with E-state index in [1.54, 1.807) is 12.1 Å². The quantitative estimate of drug-likeness (QED) is 0.590. The minimum absolute atomic E-state index is 0.590. The molecule has 1 aliphatic rings. The number of hydrogen-bond acceptors (Lipinski definition) is 2. The highest BCUT2D eigenvalue weighted by Crippen LogP contribution is 2.27. The van der Waals surface area contributed by atoms with E-state index < -0.39 is 0 Å². The highest BCUT2D eigenvalue weighted by molar-refractivity contribution is 6.35. The monoisotopic (exact) mass is 329 g/mol. The fourth-order valence-corrected chi connectivity index (χ4v) is 3.21. The van der Waals surface area contributed by atoms with Gasteiger partial charge in [0.15, 0.2) is 0 Å². The van der Waals surface area contributed by atoms with Crippen LogP contribution in [0.2, 0.25) is 10.0 Å². The predicted octanol–water partition coefficient (Wildman–Crippen LogP) is 5.42. The summed E-state index contributed by atoms with van der Waals surface area (Å²) in [7, 11) is 0. The average molecular weight is 330 g/mol. The van der Waals surface area contributed by atoms with Crippen LogP contribution in [0.1, 0.15) is 44.9 Å². The zero-order chi connectivity index (χ0) is 14.9. The number of rotatable bonds is 8. The van der Waals surface area contributed by atoms with Gasteiger partial charge in [-0.25, -0.2) is 0 Å². The maximum absolute atomic E-state index is 6.06. The maximum Gasteiger partial charge on any atom is 0.137 e. The van der Waals surface area contributed by atoms with E-state index in [0.717, 1.165) is 18.8 Å². The molecule has 0 N–H and O–H groups in total. The second-order valence-corrected chi connectivity index (χ2v) is 6.58. The molecule has 0 radical (unpaired) electrons.